The molecule has 0 aliphatic rings. The molecule has 0 bridgehead atoms. The van der Waals surface area contributed by atoms with Crippen molar-refractivity contribution in [3.63, 3.8) is 0 Å². The van der Waals surface area contributed by atoms with Crippen molar-refractivity contribution in [3.05, 3.63) is 51.5 Å². The first-order chi connectivity index (χ1) is 11.1. The lowest BCUT2D eigenvalue weighted by Crippen LogP contribution is -1.95. The van der Waals surface area contributed by atoms with Gasteiger partial charge in [-0.15, -0.1) is 0 Å². The zero-order chi connectivity index (χ0) is 18.1. The van der Waals surface area contributed by atoms with E-state index >= 15 is 0 Å². The second kappa shape index (κ2) is 7.27. The van der Waals surface area contributed by atoms with Crippen molar-refractivity contribution in [3.8, 4) is 11.3 Å². The molecule has 3 rings (SSSR count). The zero-order valence-electron chi connectivity index (χ0n) is 12.5. The lowest BCUT2D eigenvalue weighted by Gasteiger charge is -2.10. The predicted octanol–water partition coefficient (Wildman–Crippen LogP) is 4.21. The highest BCUT2D eigenvalue weighted by atomic mass is 79.9. The van der Waals surface area contributed by atoms with Crippen LogP contribution >= 0.6 is 35.4 Å². The molecule has 0 saturated heterocycles. The molecule has 1 aromatic heterocycles. The number of aromatic amines is 1. The molecule has 9 heteroatoms. The molecule has 0 fully saturated rings. The van der Waals surface area contributed by atoms with Gasteiger partial charge in [0.25, 0.3) is 0 Å². The van der Waals surface area contributed by atoms with E-state index in [1.807, 2.05) is 25.1 Å². The fraction of sp³-hybridized carbons (Fsp3) is 0.0667. The van der Waals surface area contributed by atoms with Crippen molar-refractivity contribution in [1.29, 1.82) is 0 Å². The van der Waals surface area contributed by atoms with Crippen LogP contribution in [0.15, 0.2) is 40.9 Å². The van der Waals surface area contributed by atoms with Crippen LogP contribution in [0.5, 0.6) is 0 Å². The average Bonchev–Trinajstić information content (AvgIpc) is 2.90. The number of benzene rings is 2. The first kappa shape index (κ1) is 19.0. The second-order valence-corrected chi connectivity index (χ2v) is 7.30. The number of nitrogens with two attached hydrogens (primary N) is 1. The lowest BCUT2D eigenvalue weighted by atomic mass is 10.0. The number of nitrogen functional groups attached to an aromatic ring is 1. The minimum Gasteiger partial charge on any atom is -0.397 e. The average molecular weight is 434 g/mol. The number of phosphoric acid groups is 1. The molecule has 0 atom stereocenters. The molecule has 3 aromatic rings. The molecular formula is C15H15BrClN2O4P. The van der Waals surface area contributed by atoms with Gasteiger partial charge in [0.15, 0.2) is 0 Å². The third kappa shape index (κ3) is 4.60. The van der Waals surface area contributed by atoms with Crippen LogP contribution in [0.25, 0.3) is 22.2 Å². The quantitative estimate of drug-likeness (QED) is 0.291. The van der Waals surface area contributed by atoms with Crippen LogP contribution in [0.1, 0.15) is 5.56 Å². The standard InChI is InChI=1S/C15H12BrClN2.H3O4P/c1-8-10(7-11(16)14(17)15(8)18)13-6-9-4-2-3-5-12(9)19-13;1-5(2,3)4/h2-7,19H,18H2,1H3;(H3,1,2,3,4). The Balaban J connectivity index is 0.000000368. The van der Waals surface area contributed by atoms with Crippen molar-refractivity contribution >= 4 is 51.9 Å². The van der Waals surface area contributed by atoms with E-state index in [4.69, 9.17) is 36.6 Å². The van der Waals surface area contributed by atoms with Gasteiger partial charge >= 0.3 is 7.82 Å². The maximum Gasteiger partial charge on any atom is 0.466 e. The highest BCUT2D eigenvalue weighted by Gasteiger charge is 2.13. The molecule has 0 aliphatic carbocycles. The Morgan fingerprint density at radius 1 is 1.21 bits per heavy atom. The number of aromatic nitrogens is 1. The van der Waals surface area contributed by atoms with E-state index in [1.54, 1.807) is 0 Å². The summed E-state index contributed by atoms with van der Waals surface area (Å²) in [5, 5.41) is 1.75. The van der Waals surface area contributed by atoms with Crippen LogP contribution in [0.4, 0.5) is 5.69 Å². The first-order valence-electron chi connectivity index (χ1n) is 6.68. The largest absolute Gasteiger partial charge is 0.466 e. The van der Waals surface area contributed by atoms with E-state index < -0.39 is 7.82 Å². The molecule has 0 spiro atoms. The molecule has 6 nitrogen and oxygen atoms in total. The number of hydrogen-bond acceptors (Lipinski definition) is 2. The van der Waals surface area contributed by atoms with Gasteiger partial charge in [-0.2, -0.15) is 0 Å². The highest BCUT2D eigenvalue weighted by molar-refractivity contribution is 9.10. The smallest absolute Gasteiger partial charge is 0.397 e. The van der Waals surface area contributed by atoms with Crippen molar-refractivity contribution in [2.75, 3.05) is 5.73 Å². The topological polar surface area (TPSA) is 120 Å². The van der Waals surface area contributed by atoms with E-state index in [9.17, 15) is 0 Å². The van der Waals surface area contributed by atoms with Crippen LogP contribution in [0.3, 0.4) is 0 Å². The summed E-state index contributed by atoms with van der Waals surface area (Å²) in [6, 6.07) is 12.3. The number of rotatable bonds is 1. The van der Waals surface area contributed by atoms with Gasteiger partial charge in [0.2, 0.25) is 0 Å². The molecule has 1 heterocycles. The Bertz CT molecular complexity index is 897. The fourth-order valence-corrected chi connectivity index (χ4v) is 2.87. The zero-order valence-corrected chi connectivity index (χ0v) is 15.7. The summed E-state index contributed by atoms with van der Waals surface area (Å²) in [6.07, 6.45) is 0. The Morgan fingerprint density at radius 2 is 1.79 bits per heavy atom. The minimum atomic E-state index is -4.64. The number of halogens is 2. The Hall–Kier alpha value is -1.34. The molecule has 24 heavy (non-hydrogen) atoms. The monoisotopic (exact) mass is 432 g/mol. The van der Waals surface area contributed by atoms with E-state index in [-0.39, 0.29) is 0 Å². The number of para-hydroxylation sites is 1. The van der Waals surface area contributed by atoms with Crippen LogP contribution in [-0.4, -0.2) is 19.7 Å². The van der Waals surface area contributed by atoms with Gasteiger partial charge in [-0.05, 0) is 46.6 Å². The van der Waals surface area contributed by atoms with Gasteiger partial charge < -0.3 is 25.4 Å². The van der Waals surface area contributed by atoms with E-state index in [1.165, 1.54) is 5.39 Å². The van der Waals surface area contributed by atoms with Gasteiger partial charge in [0.1, 0.15) is 0 Å². The lowest BCUT2D eigenvalue weighted by molar-refractivity contribution is 0.275. The summed E-state index contributed by atoms with van der Waals surface area (Å²) < 4.78 is 9.69. The normalized spacial score (nSPS) is 11.2. The Kier molecular flexibility index (Phi) is 5.75. The number of H-pyrrole nitrogens is 1. The number of fused-ring (bicyclic) bond motifs is 1. The van der Waals surface area contributed by atoms with Gasteiger partial charge in [-0.3, -0.25) is 0 Å². The highest BCUT2D eigenvalue weighted by Crippen LogP contribution is 2.38. The van der Waals surface area contributed by atoms with Gasteiger partial charge in [-0.1, -0.05) is 29.8 Å². The Labute approximate surface area is 151 Å². The second-order valence-electron chi connectivity index (χ2n) is 5.04. The third-order valence-electron chi connectivity index (χ3n) is 3.35. The third-order valence-corrected chi connectivity index (χ3v) is 4.61. The van der Waals surface area contributed by atoms with Gasteiger partial charge in [-0.25, -0.2) is 4.57 Å². The predicted molar refractivity (Wildman–Crippen MR) is 99.9 cm³/mol. The van der Waals surface area contributed by atoms with E-state index in [0.29, 0.717) is 10.7 Å². The number of hydrogen-bond donors (Lipinski definition) is 5. The number of anilines is 1. The van der Waals surface area contributed by atoms with E-state index in [2.05, 4.69) is 39.1 Å². The van der Waals surface area contributed by atoms with Gasteiger partial charge in [0, 0.05) is 26.6 Å². The molecule has 2 aromatic carbocycles. The van der Waals surface area contributed by atoms with Crippen LogP contribution in [0.2, 0.25) is 5.02 Å². The Morgan fingerprint density at radius 3 is 2.38 bits per heavy atom. The summed E-state index contributed by atoms with van der Waals surface area (Å²) in [7, 11) is -4.64. The van der Waals surface area contributed by atoms with Crippen molar-refractivity contribution < 1.29 is 19.2 Å². The van der Waals surface area contributed by atoms with E-state index in [0.717, 1.165) is 26.8 Å². The maximum absolute atomic E-state index is 8.88. The summed E-state index contributed by atoms with van der Waals surface area (Å²) in [4.78, 5) is 25.0. The van der Waals surface area contributed by atoms with Crippen molar-refractivity contribution in [2.45, 2.75) is 6.92 Å². The molecule has 0 amide bonds. The molecule has 0 radical (unpaired) electrons. The first-order valence-corrected chi connectivity index (χ1v) is 9.42. The minimum absolute atomic E-state index is 0.567. The molecule has 6 N–H and O–H groups in total. The molecule has 0 saturated carbocycles. The van der Waals surface area contributed by atoms with Gasteiger partial charge in [0.05, 0.1) is 10.7 Å². The molecule has 128 valence electrons. The summed E-state index contributed by atoms with van der Waals surface area (Å²) in [5.74, 6) is 0. The van der Waals surface area contributed by atoms with Crippen LogP contribution in [-0.2, 0) is 4.57 Å². The molecule has 0 unspecified atom stereocenters. The SMILES string of the molecule is Cc1c(-c2cc3ccccc3[nH]2)cc(Br)c(Cl)c1N.O=P(O)(O)O. The summed E-state index contributed by atoms with van der Waals surface area (Å²) in [6.45, 7) is 1.98. The molecule has 0 aliphatic heterocycles. The van der Waals surface area contributed by atoms with Crippen LogP contribution in [0, 0.1) is 6.92 Å². The maximum atomic E-state index is 8.88. The fourth-order valence-electron chi connectivity index (χ4n) is 2.23. The van der Waals surface area contributed by atoms with Crippen molar-refractivity contribution in [1.82, 2.24) is 4.98 Å². The summed E-state index contributed by atoms with van der Waals surface area (Å²) >= 11 is 9.59. The van der Waals surface area contributed by atoms with Crippen molar-refractivity contribution in [2.24, 2.45) is 0 Å². The molecular weight excluding hydrogens is 419 g/mol. The summed E-state index contributed by atoms with van der Waals surface area (Å²) in [5.41, 5.74) is 10.9. The van der Waals surface area contributed by atoms with Crippen LogP contribution < -0.4 is 5.73 Å². The number of nitrogens with one attached hydrogen (secondary N) is 1.